The molecule has 1 N–H and O–H groups in total. The Kier molecular flexibility index (Phi) is 5.69. The van der Waals surface area contributed by atoms with Crippen LogP contribution in [0.4, 0.5) is 5.69 Å². The van der Waals surface area contributed by atoms with Gasteiger partial charge in [-0.15, -0.1) is 0 Å². The molecule has 136 valence electrons. The van der Waals surface area contributed by atoms with Crippen molar-refractivity contribution in [2.75, 3.05) is 19.0 Å². The smallest absolute Gasteiger partial charge is 0.229 e. The minimum absolute atomic E-state index is 0.0576. The van der Waals surface area contributed by atoms with Gasteiger partial charge in [-0.05, 0) is 29.8 Å². The molecule has 2 aromatic rings. The molecule has 1 aliphatic rings. The molecule has 0 aliphatic carbocycles. The van der Waals surface area contributed by atoms with Gasteiger partial charge in [0.25, 0.3) is 0 Å². The third kappa shape index (κ3) is 4.11. The summed E-state index contributed by atoms with van der Waals surface area (Å²) in [7, 11) is 1.52. The summed E-state index contributed by atoms with van der Waals surface area (Å²) in [5.41, 5.74) is 1.43. The second-order valence-electron chi connectivity index (χ2n) is 6.11. The number of likely N-dealkylation sites (tertiary alicyclic amines) is 1. The van der Waals surface area contributed by atoms with E-state index in [1.165, 1.54) is 7.11 Å². The van der Waals surface area contributed by atoms with Crippen molar-refractivity contribution in [3.8, 4) is 5.75 Å². The van der Waals surface area contributed by atoms with Gasteiger partial charge in [0.2, 0.25) is 11.8 Å². The van der Waals surface area contributed by atoms with Gasteiger partial charge in [0, 0.05) is 30.2 Å². The van der Waals surface area contributed by atoms with Crippen LogP contribution in [0.3, 0.4) is 0 Å². The summed E-state index contributed by atoms with van der Waals surface area (Å²) in [6, 6.07) is 12.4. The Hall–Kier alpha value is -2.24. The Bertz CT molecular complexity index is 841. The van der Waals surface area contributed by atoms with Crippen LogP contribution in [-0.4, -0.2) is 30.4 Å². The highest BCUT2D eigenvalue weighted by Gasteiger charge is 2.34. The zero-order chi connectivity index (χ0) is 18.7. The maximum atomic E-state index is 12.5. The van der Waals surface area contributed by atoms with Crippen molar-refractivity contribution >= 4 is 40.7 Å². The number of halogens is 2. The Balaban J connectivity index is 1.63. The summed E-state index contributed by atoms with van der Waals surface area (Å²) in [5.74, 6) is -0.142. The quantitative estimate of drug-likeness (QED) is 0.836. The van der Waals surface area contributed by atoms with Crippen LogP contribution in [0.1, 0.15) is 12.0 Å². The lowest BCUT2D eigenvalue weighted by Crippen LogP contribution is -2.28. The molecule has 1 heterocycles. The van der Waals surface area contributed by atoms with Crippen LogP contribution in [-0.2, 0) is 16.1 Å². The van der Waals surface area contributed by atoms with Gasteiger partial charge in [-0.3, -0.25) is 9.59 Å². The number of benzene rings is 2. The SMILES string of the molecule is COc1ccc(NC(=O)[C@H]2CC(=O)N(Cc3ccccc3Cl)C2)cc1Cl. The Morgan fingerprint density at radius 3 is 2.69 bits per heavy atom. The number of hydrogen-bond donors (Lipinski definition) is 1. The van der Waals surface area contributed by atoms with Crippen molar-refractivity contribution in [2.24, 2.45) is 5.92 Å². The van der Waals surface area contributed by atoms with Crippen molar-refractivity contribution in [3.05, 3.63) is 58.1 Å². The van der Waals surface area contributed by atoms with Crippen molar-refractivity contribution in [2.45, 2.75) is 13.0 Å². The average Bonchev–Trinajstić information content (AvgIpc) is 2.98. The predicted molar refractivity (Wildman–Crippen MR) is 102 cm³/mol. The molecule has 1 atom stereocenters. The zero-order valence-corrected chi connectivity index (χ0v) is 15.7. The number of methoxy groups -OCH3 is 1. The average molecular weight is 393 g/mol. The van der Waals surface area contributed by atoms with Gasteiger partial charge >= 0.3 is 0 Å². The number of nitrogens with zero attached hydrogens (tertiary/aromatic N) is 1. The standard InChI is InChI=1S/C19H18Cl2N2O3/c1-26-17-7-6-14(9-16(17)21)22-19(25)13-8-18(24)23(11-13)10-12-4-2-3-5-15(12)20/h2-7,9,13H,8,10-11H2,1H3,(H,22,25)/t13-/m0/s1. The Morgan fingerprint density at radius 2 is 2.00 bits per heavy atom. The van der Waals surface area contributed by atoms with Gasteiger partial charge in [-0.25, -0.2) is 0 Å². The fourth-order valence-electron chi connectivity index (χ4n) is 2.92. The van der Waals surface area contributed by atoms with Crippen LogP contribution < -0.4 is 10.1 Å². The van der Waals surface area contributed by atoms with Crippen LogP contribution in [0, 0.1) is 5.92 Å². The van der Waals surface area contributed by atoms with E-state index in [1.807, 2.05) is 18.2 Å². The van der Waals surface area contributed by atoms with E-state index in [-0.39, 0.29) is 18.2 Å². The third-order valence-corrected chi connectivity index (χ3v) is 4.99. The first-order valence-corrected chi connectivity index (χ1v) is 8.89. The molecule has 1 fully saturated rings. The Morgan fingerprint density at radius 1 is 1.23 bits per heavy atom. The summed E-state index contributed by atoms with van der Waals surface area (Å²) in [6.45, 7) is 0.760. The van der Waals surface area contributed by atoms with E-state index in [1.54, 1.807) is 29.2 Å². The third-order valence-electron chi connectivity index (χ3n) is 4.32. The van der Waals surface area contributed by atoms with Crippen LogP contribution >= 0.6 is 23.2 Å². The second kappa shape index (κ2) is 7.98. The number of nitrogens with one attached hydrogen (secondary N) is 1. The number of hydrogen-bond acceptors (Lipinski definition) is 3. The van der Waals surface area contributed by atoms with Gasteiger partial charge in [-0.2, -0.15) is 0 Å². The molecule has 5 nitrogen and oxygen atoms in total. The van der Waals surface area contributed by atoms with E-state index in [2.05, 4.69) is 5.32 Å². The lowest BCUT2D eigenvalue weighted by molar-refractivity contribution is -0.128. The van der Waals surface area contributed by atoms with Crippen molar-refractivity contribution in [3.63, 3.8) is 0 Å². The molecule has 3 rings (SSSR count). The molecule has 0 aromatic heterocycles. The predicted octanol–water partition coefficient (Wildman–Crippen LogP) is 3.99. The van der Waals surface area contributed by atoms with E-state index in [0.29, 0.717) is 34.6 Å². The highest BCUT2D eigenvalue weighted by molar-refractivity contribution is 6.32. The molecule has 0 spiro atoms. The first-order valence-electron chi connectivity index (χ1n) is 8.13. The highest BCUT2D eigenvalue weighted by Crippen LogP contribution is 2.28. The Labute approximate surface area is 161 Å². The van der Waals surface area contributed by atoms with Gasteiger partial charge in [0.1, 0.15) is 5.75 Å². The molecule has 0 saturated carbocycles. The molecule has 0 unspecified atom stereocenters. The van der Waals surface area contributed by atoms with Gasteiger partial charge in [-0.1, -0.05) is 41.4 Å². The number of rotatable bonds is 5. The molecule has 2 aromatic carbocycles. The molecule has 1 saturated heterocycles. The van der Waals surface area contributed by atoms with Crippen LogP contribution in [0.2, 0.25) is 10.0 Å². The summed E-state index contributed by atoms with van der Waals surface area (Å²) in [5, 5.41) is 3.83. The van der Waals surface area contributed by atoms with E-state index >= 15 is 0 Å². The molecular formula is C19H18Cl2N2O3. The minimum Gasteiger partial charge on any atom is -0.495 e. The normalized spacial score (nSPS) is 16.7. The van der Waals surface area contributed by atoms with Crippen LogP contribution in [0.5, 0.6) is 5.75 Å². The lowest BCUT2D eigenvalue weighted by Gasteiger charge is -2.17. The summed E-state index contributed by atoms with van der Waals surface area (Å²) >= 11 is 12.2. The van der Waals surface area contributed by atoms with E-state index in [9.17, 15) is 9.59 Å². The largest absolute Gasteiger partial charge is 0.495 e. The fourth-order valence-corrected chi connectivity index (χ4v) is 3.37. The van der Waals surface area contributed by atoms with E-state index in [4.69, 9.17) is 27.9 Å². The van der Waals surface area contributed by atoms with Crippen molar-refractivity contribution in [1.82, 2.24) is 4.90 Å². The number of carbonyl (C=O) groups excluding carboxylic acids is 2. The molecule has 0 radical (unpaired) electrons. The molecular weight excluding hydrogens is 375 g/mol. The monoisotopic (exact) mass is 392 g/mol. The molecule has 0 bridgehead atoms. The number of ether oxygens (including phenoxy) is 1. The highest BCUT2D eigenvalue weighted by atomic mass is 35.5. The molecule has 2 amide bonds. The maximum Gasteiger partial charge on any atom is 0.229 e. The van der Waals surface area contributed by atoms with Crippen molar-refractivity contribution < 1.29 is 14.3 Å². The van der Waals surface area contributed by atoms with E-state index < -0.39 is 5.92 Å². The van der Waals surface area contributed by atoms with Gasteiger partial charge in [0.15, 0.2) is 0 Å². The van der Waals surface area contributed by atoms with Gasteiger partial charge in [0.05, 0.1) is 18.1 Å². The second-order valence-corrected chi connectivity index (χ2v) is 6.92. The lowest BCUT2D eigenvalue weighted by atomic mass is 10.1. The van der Waals surface area contributed by atoms with E-state index in [0.717, 1.165) is 5.56 Å². The molecule has 1 aliphatic heterocycles. The number of amides is 2. The van der Waals surface area contributed by atoms with Crippen LogP contribution in [0.15, 0.2) is 42.5 Å². The number of carbonyl (C=O) groups is 2. The fraction of sp³-hybridized carbons (Fsp3) is 0.263. The first-order chi connectivity index (χ1) is 12.5. The summed E-state index contributed by atoms with van der Waals surface area (Å²) < 4.78 is 5.09. The van der Waals surface area contributed by atoms with Gasteiger partial charge < -0.3 is 15.0 Å². The molecule has 7 heteroatoms. The minimum atomic E-state index is -0.411. The zero-order valence-electron chi connectivity index (χ0n) is 14.2. The first kappa shape index (κ1) is 18.5. The maximum absolute atomic E-state index is 12.5. The topological polar surface area (TPSA) is 58.6 Å². The summed E-state index contributed by atoms with van der Waals surface area (Å²) in [6.07, 6.45) is 0.181. The number of anilines is 1. The summed E-state index contributed by atoms with van der Waals surface area (Å²) in [4.78, 5) is 26.4. The van der Waals surface area contributed by atoms with Crippen molar-refractivity contribution in [1.29, 1.82) is 0 Å². The van der Waals surface area contributed by atoms with Crippen LogP contribution in [0.25, 0.3) is 0 Å². The molecule has 26 heavy (non-hydrogen) atoms.